The summed E-state index contributed by atoms with van der Waals surface area (Å²) in [6, 6.07) is 4.07. The van der Waals surface area contributed by atoms with Crippen molar-refractivity contribution in [2.24, 2.45) is 0 Å². The first kappa shape index (κ1) is 15.4. The molecule has 1 atom stereocenters. The number of ether oxygens (including phenoxy) is 2. The van der Waals surface area contributed by atoms with Gasteiger partial charge in [0.1, 0.15) is 24.2 Å². The summed E-state index contributed by atoms with van der Waals surface area (Å²) in [4.78, 5) is 11.6. The zero-order valence-corrected chi connectivity index (χ0v) is 11.5. The minimum atomic E-state index is -0.547. The number of rotatable bonds is 7. The van der Waals surface area contributed by atoms with E-state index in [-0.39, 0.29) is 18.4 Å². The number of benzene rings is 1. The average Bonchev–Trinajstić information content (AvgIpc) is 2.38. The Morgan fingerprint density at radius 2 is 2.16 bits per heavy atom. The molecule has 106 valence electrons. The molecule has 1 rings (SSSR count). The number of carbonyl (C=O) groups is 1. The van der Waals surface area contributed by atoms with Crippen molar-refractivity contribution in [1.82, 2.24) is 5.32 Å². The van der Waals surface area contributed by atoms with Crippen LogP contribution in [0, 0.1) is 12.7 Å². The number of nitrogens with one attached hydrogen (secondary N) is 1. The van der Waals surface area contributed by atoms with Crippen LogP contribution in [0.1, 0.15) is 19.4 Å². The lowest BCUT2D eigenvalue weighted by atomic mass is 10.2. The van der Waals surface area contributed by atoms with E-state index in [1.807, 2.05) is 6.92 Å². The molecule has 5 heteroatoms. The quantitative estimate of drug-likeness (QED) is 0.770. The van der Waals surface area contributed by atoms with Crippen LogP contribution in [0.2, 0.25) is 0 Å². The zero-order chi connectivity index (χ0) is 14.3. The molecule has 1 aromatic carbocycles. The molecule has 0 aliphatic rings. The molecule has 0 amide bonds. The fourth-order valence-electron chi connectivity index (χ4n) is 1.54. The van der Waals surface area contributed by atoms with E-state index in [0.717, 1.165) is 0 Å². The smallest absolute Gasteiger partial charge is 0.326 e. The highest BCUT2D eigenvalue weighted by atomic mass is 19.1. The van der Waals surface area contributed by atoms with E-state index < -0.39 is 6.04 Å². The van der Waals surface area contributed by atoms with Gasteiger partial charge in [0, 0.05) is 6.07 Å². The van der Waals surface area contributed by atoms with Gasteiger partial charge in [0.05, 0.1) is 6.61 Å². The van der Waals surface area contributed by atoms with Gasteiger partial charge in [-0.2, -0.15) is 0 Å². The summed E-state index contributed by atoms with van der Waals surface area (Å²) < 4.78 is 23.7. The first-order chi connectivity index (χ1) is 9.08. The van der Waals surface area contributed by atoms with E-state index in [2.05, 4.69) is 5.32 Å². The fourth-order valence-corrected chi connectivity index (χ4v) is 1.54. The van der Waals surface area contributed by atoms with Crippen molar-refractivity contribution in [3.8, 4) is 5.75 Å². The van der Waals surface area contributed by atoms with Crippen LogP contribution in [0.3, 0.4) is 0 Å². The number of halogens is 1. The third-order valence-electron chi connectivity index (χ3n) is 2.58. The Labute approximate surface area is 112 Å². The van der Waals surface area contributed by atoms with Gasteiger partial charge in [-0.05, 0) is 32.0 Å². The first-order valence-corrected chi connectivity index (χ1v) is 6.37. The highest BCUT2D eigenvalue weighted by molar-refractivity contribution is 5.76. The molecular formula is C14H20FNO3. The van der Waals surface area contributed by atoms with Crippen LogP contribution in [0.25, 0.3) is 0 Å². The van der Waals surface area contributed by atoms with Gasteiger partial charge in [-0.25, -0.2) is 4.39 Å². The van der Waals surface area contributed by atoms with Crippen LogP contribution >= 0.6 is 0 Å². The van der Waals surface area contributed by atoms with Crippen molar-refractivity contribution in [1.29, 1.82) is 0 Å². The summed E-state index contributed by atoms with van der Waals surface area (Å²) >= 11 is 0. The number of aryl methyl sites for hydroxylation is 1. The maximum Gasteiger partial charge on any atom is 0.326 e. The molecule has 19 heavy (non-hydrogen) atoms. The Morgan fingerprint density at radius 1 is 1.42 bits per heavy atom. The standard InChI is InChI=1S/C14H20FNO3/c1-4-16-13(14(17)18-5-2)9-19-11-7-6-10(3)12(15)8-11/h6-8,13,16H,4-5,9H2,1-3H3. The summed E-state index contributed by atoms with van der Waals surface area (Å²) in [6.45, 7) is 6.36. The summed E-state index contributed by atoms with van der Waals surface area (Å²) in [5, 5.41) is 2.97. The van der Waals surface area contributed by atoms with Crippen molar-refractivity contribution >= 4 is 5.97 Å². The Hall–Kier alpha value is -1.62. The molecule has 0 bridgehead atoms. The molecule has 0 heterocycles. The monoisotopic (exact) mass is 269 g/mol. The molecular weight excluding hydrogens is 249 g/mol. The Kier molecular flexibility index (Phi) is 6.29. The van der Waals surface area contributed by atoms with Crippen LogP contribution in [0.4, 0.5) is 4.39 Å². The van der Waals surface area contributed by atoms with Crippen molar-refractivity contribution in [2.75, 3.05) is 19.8 Å². The fraction of sp³-hybridized carbons (Fsp3) is 0.500. The second-order valence-electron chi connectivity index (χ2n) is 4.08. The Balaban J connectivity index is 2.59. The molecule has 0 aliphatic heterocycles. The third-order valence-corrected chi connectivity index (χ3v) is 2.58. The van der Waals surface area contributed by atoms with Gasteiger partial charge in [-0.3, -0.25) is 4.79 Å². The highest BCUT2D eigenvalue weighted by Crippen LogP contribution is 2.16. The second kappa shape index (κ2) is 7.74. The summed E-state index contributed by atoms with van der Waals surface area (Å²) in [7, 11) is 0. The summed E-state index contributed by atoms with van der Waals surface area (Å²) in [6.07, 6.45) is 0. The van der Waals surface area contributed by atoms with Crippen molar-refractivity contribution in [2.45, 2.75) is 26.8 Å². The van der Waals surface area contributed by atoms with Gasteiger partial charge in [0.25, 0.3) is 0 Å². The van der Waals surface area contributed by atoms with Crippen LogP contribution in [0.5, 0.6) is 5.75 Å². The number of carbonyl (C=O) groups excluding carboxylic acids is 1. The Bertz CT molecular complexity index is 423. The first-order valence-electron chi connectivity index (χ1n) is 6.37. The predicted molar refractivity (Wildman–Crippen MR) is 70.7 cm³/mol. The molecule has 0 radical (unpaired) electrons. The number of hydrogen-bond donors (Lipinski definition) is 1. The normalized spacial score (nSPS) is 12.0. The van der Waals surface area contributed by atoms with E-state index in [0.29, 0.717) is 24.5 Å². The van der Waals surface area contributed by atoms with Gasteiger partial charge in [0.15, 0.2) is 0 Å². The minimum Gasteiger partial charge on any atom is -0.491 e. The van der Waals surface area contributed by atoms with Crippen LogP contribution in [-0.2, 0) is 9.53 Å². The lowest BCUT2D eigenvalue weighted by molar-refractivity contribution is -0.146. The van der Waals surface area contributed by atoms with E-state index >= 15 is 0 Å². The van der Waals surface area contributed by atoms with E-state index in [1.165, 1.54) is 6.07 Å². The second-order valence-corrected chi connectivity index (χ2v) is 4.08. The van der Waals surface area contributed by atoms with Crippen LogP contribution in [-0.4, -0.2) is 31.8 Å². The lowest BCUT2D eigenvalue weighted by Crippen LogP contribution is -2.42. The van der Waals surface area contributed by atoms with Gasteiger partial charge in [-0.1, -0.05) is 13.0 Å². The van der Waals surface area contributed by atoms with Crippen molar-refractivity contribution < 1.29 is 18.7 Å². The van der Waals surface area contributed by atoms with Gasteiger partial charge >= 0.3 is 5.97 Å². The van der Waals surface area contributed by atoms with Gasteiger partial charge in [0.2, 0.25) is 0 Å². The predicted octanol–water partition coefficient (Wildman–Crippen LogP) is 2.05. The molecule has 0 saturated heterocycles. The SMILES string of the molecule is CCNC(COc1ccc(C)c(F)c1)C(=O)OCC. The number of likely N-dealkylation sites (N-methyl/N-ethyl adjacent to an activating group) is 1. The average molecular weight is 269 g/mol. The van der Waals surface area contributed by atoms with Gasteiger partial charge < -0.3 is 14.8 Å². The van der Waals surface area contributed by atoms with Crippen molar-refractivity contribution in [3.05, 3.63) is 29.6 Å². The highest BCUT2D eigenvalue weighted by Gasteiger charge is 2.19. The maximum absolute atomic E-state index is 13.3. The van der Waals surface area contributed by atoms with Crippen LogP contribution in [0.15, 0.2) is 18.2 Å². The lowest BCUT2D eigenvalue weighted by Gasteiger charge is -2.17. The van der Waals surface area contributed by atoms with Crippen molar-refractivity contribution in [3.63, 3.8) is 0 Å². The van der Waals surface area contributed by atoms with Gasteiger partial charge in [-0.15, -0.1) is 0 Å². The molecule has 4 nitrogen and oxygen atoms in total. The molecule has 0 aromatic heterocycles. The molecule has 0 saturated carbocycles. The molecule has 0 fully saturated rings. The van der Waals surface area contributed by atoms with Crippen LogP contribution < -0.4 is 10.1 Å². The molecule has 1 unspecified atom stereocenters. The number of hydrogen-bond acceptors (Lipinski definition) is 4. The summed E-state index contributed by atoms with van der Waals surface area (Å²) in [5.74, 6) is -0.291. The summed E-state index contributed by atoms with van der Waals surface area (Å²) in [5.41, 5.74) is 0.556. The molecule has 0 aliphatic carbocycles. The molecule has 1 aromatic rings. The topological polar surface area (TPSA) is 47.6 Å². The van der Waals surface area contributed by atoms with E-state index in [4.69, 9.17) is 9.47 Å². The Morgan fingerprint density at radius 3 is 2.74 bits per heavy atom. The number of esters is 1. The third kappa shape index (κ3) is 4.87. The molecule has 0 spiro atoms. The molecule has 1 N–H and O–H groups in total. The maximum atomic E-state index is 13.3. The minimum absolute atomic E-state index is 0.106. The zero-order valence-electron chi connectivity index (χ0n) is 11.5. The van der Waals surface area contributed by atoms with E-state index in [1.54, 1.807) is 26.0 Å². The largest absolute Gasteiger partial charge is 0.491 e. The van der Waals surface area contributed by atoms with E-state index in [9.17, 15) is 9.18 Å².